The van der Waals surface area contributed by atoms with E-state index in [9.17, 15) is 0 Å². The van der Waals surface area contributed by atoms with Crippen LogP contribution >= 0.6 is 0 Å². The standard InChI is InChI=1S/C19H23NO2/c1-2-21-18-12-16(19(20)15-8-9-15)10-11-17(18)22-13-14-6-4-3-5-7-14/h3-7,10-12,15,19H,2,8-9,13,20H2,1H3/t19-/m0/s1. The smallest absolute Gasteiger partial charge is 0.161 e. The highest BCUT2D eigenvalue weighted by Crippen LogP contribution is 2.41. The molecule has 3 nitrogen and oxygen atoms in total. The van der Waals surface area contributed by atoms with Gasteiger partial charge >= 0.3 is 0 Å². The van der Waals surface area contributed by atoms with Crippen LogP contribution in [0.5, 0.6) is 11.5 Å². The molecule has 3 heteroatoms. The molecule has 1 fully saturated rings. The zero-order valence-electron chi connectivity index (χ0n) is 13.0. The number of hydrogen-bond donors (Lipinski definition) is 1. The van der Waals surface area contributed by atoms with E-state index in [1.807, 2.05) is 37.3 Å². The van der Waals surface area contributed by atoms with Gasteiger partial charge in [-0.15, -0.1) is 0 Å². The Balaban J connectivity index is 1.74. The normalized spacial score (nSPS) is 15.4. The van der Waals surface area contributed by atoms with Gasteiger partial charge in [0.2, 0.25) is 0 Å². The summed E-state index contributed by atoms with van der Waals surface area (Å²) in [4.78, 5) is 0. The summed E-state index contributed by atoms with van der Waals surface area (Å²) in [5.74, 6) is 2.19. The van der Waals surface area contributed by atoms with Crippen molar-refractivity contribution in [2.24, 2.45) is 11.7 Å². The van der Waals surface area contributed by atoms with E-state index in [1.54, 1.807) is 0 Å². The van der Waals surface area contributed by atoms with Crippen LogP contribution in [0.25, 0.3) is 0 Å². The largest absolute Gasteiger partial charge is 0.490 e. The zero-order chi connectivity index (χ0) is 15.4. The minimum Gasteiger partial charge on any atom is -0.490 e. The van der Waals surface area contributed by atoms with Gasteiger partial charge in [-0.3, -0.25) is 0 Å². The average Bonchev–Trinajstić information content (AvgIpc) is 3.39. The van der Waals surface area contributed by atoms with Crippen LogP contribution in [0.15, 0.2) is 48.5 Å². The third-order valence-electron chi connectivity index (χ3n) is 4.02. The molecule has 0 radical (unpaired) electrons. The van der Waals surface area contributed by atoms with E-state index in [0.717, 1.165) is 22.6 Å². The van der Waals surface area contributed by atoms with Crippen molar-refractivity contribution in [2.75, 3.05) is 6.61 Å². The van der Waals surface area contributed by atoms with E-state index in [4.69, 9.17) is 15.2 Å². The van der Waals surface area contributed by atoms with Gasteiger partial charge in [0.25, 0.3) is 0 Å². The Morgan fingerprint density at radius 3 is 2.50 bits per heavy atom. The maximum atomic E-state index is 6.28. The summed E-state index contributed by atoms with van der Waals surface area (Å²) in [6, 6.07) is 16.3. The Labute approximate surface area is 132 Å². The van der Waals surface area contributed by atoms with Crippen LogP contribution < -0.4 is 15.2 Å². The van der Waals surface area contributed by atoms with Gasteiger partial charge in [-0.05, 0) is 48.9 Å². The van der Waals surface area contributed by atoms with Crippen molar-refractivity contribution in [1.29, 1.82) is 0 Å². The number of benzene rings is 2. The molecule has 0 unspecified atom stereocenters. The van der Waals surface area contributed by atoms with Gasteiger partial charge in [-0.25, -0.2) is 0 Å². The molecule has 22 heavy (non-hydrogen) atoms. The fraction of sp³-hybridized carbons (Fsp3) is 0.368. The molecule has 1 atom stereocenters. The molecule has 2 aromatic carbocycles. The summed E-state index contributed by atoms with van der Waals surface area (Å²) in [6.07, 6.45) is 2.47. The SMILES string of the molecule is CCOc1cc([C@@H](N)C2CC2)ccc1OCc1ccccc1. The minimum atomic E-state index is 0.113. The monoisotopic (exact) mass is 297 g/mol. The highest BCUT2D eigenvalue weighted by molar-refractivity contribution is 5.44. The molecular weight excluding hydrogens is 274 g/mol. The maximum Gasteiger partial charge on any atom is 0.161 e. The van der Waals surface area contributed by atoms with Crippen LogP contribution in [-0.4, -0.2) is 6.61 Å². The molecule has 1 saturated carbocycles. The molecule has 2 aromatic rings. The Bertz CT molecular complexity index is 608. The van der Waals surface area contributed by atoms with Crippen LogP contribution in [0.3, 0.4) is 0 Å². The molecule has 0 spiro atoms. The van der Waals surface area contributed by atoms with E-state index in [1.165, 1.54) is 12.8 Å². The van der Waals surface area contributed by atoms with Crippen LogP contribution in [-0.2, 0) is 6.61 Å². The summed E-state index contributed by atoms with van der Waals surface area (Å²) in [5, 5.41) is 0. The lowest BCUT2D eigenvalue weighted by atomic mass is 10.0. The van der Waals surface area contributed by atoms with Crippen molar-refractivity contribution >= 4 is 0 Å². The Morgan fingerprint density at radius 1 is 1.05 bits per heavy atom. The first-order valence-electron chi connectivity index (χ1n) is 7.97. The first kappa shape index (κ1) is 14.9. The predicted molar refractivity (Wildman–Crippen MR) is 88.0 cm³/mol. The Kier molecular flexibility index (Phi) is 4.64. The summed E-state index contributed by atoms with van der Waals surface area (Å²) in [5.41, 5.74) is 8.56. The van der Waals surface area contributed by atoms with Crippen molar-refractivity contribution < 1.29 is 9.47 Å². The third kappa shape index (κ3) is 3.60. The quantitative estimate of drug-likeness (QED) is 0.837. The first-order valence-corrected chi connectivity index (χ1v) is 7.97. The lowest BCUT2D eigenvalue weighted by Crippen LogP contribution is -2.12. The molecule has 0 aromatic heterocycles. The van der Waals surface area contributed by atoms with Gasteiger partial charge in [0, 0.05) is 6.04 Å². The van der Waals surface area contributed by atoms with Crippen molar-refractivity contribution in [1.82, 2.24) is 0 Å². The third-order valence-corrected chi connectivity index (χ3v) is 4.02. The molecule has 0 heterocycles. The predicted octanol–water partition coefficient (Wildman–Crippen LogP) is 4.07. The Morgan fingerprint density at radius 2 is 1.82 bits per heavy atom. The summed E-state index contributed by atoms with van der Waals surface area (Å²) >= 11 is 0. The highest BCUT2D eigenvalue weighted by Gasteiger charge is 2.30. The molecule has 0 saturated heterocycles. The molecule has 2 N–H and O–H groups in total. The van der Waals surface area contributed by atoms with Crippen LogP contribution in [0.1, 0.15) is 36.9 Å². The summed E-state index contributed by atoms with van der Waals surface area (Å²) < 4.78 is 11.7. The van der Waals surface area contributed by atoms with Gasteiger partial charge in [-0.1, -0.05) is 36.4 Å². The molecule has 3 rings (SSSR count). The van der Waals surface area contributed by atoms with Gasteiger partial charge < -0.3 is 15.2 Å². The number of ether oxygens (including phenoxy) is 2. The topological polar surface area (TPSA) is 44.5 Å². The molecule has 0 amide bonds. The molecule has 1 aliphatic carbocycles. The lowest BCUT2D eigenvalue weighted by molar-refractivity contribution is 0.269. The van der Waals surface area contributed by atoms with Gasteiger partial charge in [0.1, 0.15) is 6.61 Å². The summed E-state index contributed by atoms with van der Waals surface area (Å²) in [6.45, 7) is 3.13. The van der Waals surface area contributed by atoms with Crippen LogP contribution in [0.2, 0.25) is 0 Å². The number of hydrogen-bond acceptors (Lipinski definition) is 3. The molecule has 0 aliphatic heterocycles. The van der Waals surface area contributed by atoms with E-state index in [0.29, 0.717) is 19.1 Å². The minimum absolute atomic E-state index is 0.113. The summed E-state index contributed by atoms with van der Waals surface area (Å²) in [7, 11) is 0. The van der Waals surface area contributed by atoms with E-state index in [-0.39, 0.29) is 6.04 Å². The fourth-order valence-electron chi connectivity index (χ4n) is 2.58. The maximum absolute atomic E-state index is 6.28. The molecule has 0 bridgehead atoms. The highest BCUT2D eigenvalue weighted by atomic mass is 16.5. The van der Waals surface area contributed by atoms with Gasteiger partial charge in [0.15, 0.2) is 11.5 Å². The fourth-order valence-corrected chi connectivity index (χ4v) is 2.58. The second-order valence-electron chi connectivity index (χ2n) is 5.78. The molecule has 1 aliphatic rings. The van der Waals surface area contributed by atoms with E-state index >= 15 is 0 Å². The lowest BCUT2D eigenvalue weighted by Gasteiger charge is -2.16. The van der Waals surface area contributed by atoms with Crippen molar-refractivity contribution in [3.8, 4) is 11.5 Å². The second kappa shape index (κ2) is 6.84. The van der Waals surface area contributed by atoms with Crippen LogP contribution in [0.4, 0.5) is 0 Å². The number of nitrogens with two attached hydrogens (primary N) is 1. The van der Waals surface area contributed by atoms with Gasteiger partial charge in [0.05, 0.1) is 6.61 Å². The van der Waals surface area contributed by atoms with Crippen LogP contribution in [0, 0.1) is 5.92 Å². The average molecular weight is 297 g/mol. The van der Waals surface area contributed by atoms with E-state index < -0.39 is 0 Å². The molecular formula is C19H23NO2. The van der Waals surface area contributed by atoms with Crippen molar-refractivity contribution in [3.63, 3.8) is 0 Å². The van der Waals surface area contributed by atoms with Crippen molar-refractivity contribution in [2.45, 2.75) is 32.4 Å². The van der Waals surface area contributed by atoms with E-state index in [2.05, 4.69) is 18.2 Å². The van der Waals surface area contributed by atoms with Crippen molar-refractivity contribution in [3.05, 3.63) is 59.7 Å². The van der Waals surface area contributed by atoms with Gasteiger partial charge in [-0.2, -0.15) is 0 Å². The Hall–Kier alpha value is -2.00. The second-order valence-corrected chi connectivity index (χ2v) is 5.78. The zero-order valence-corrected chi connectivity index (χ0v) is 13.0. The first-order chi connectivity index (χ1) is 10.8. The number of rotatable bonds is 7. The molecule has 116 valence electrons.